The summed E-state index contributed by atoms with van der Waals surface area (Å²) in [6, 6.07) is 0.876. The van der Waals surface area contributed by atoms with Gasteiger partial charge in [0.25, 0.3) is 0 Å². The molecule has 0 amide bonds. The van der Waals surface area contributed by atoms with Crippen LogP contribution in [0.3, 0.4) is 0 Å². The molecule has 2 unspecified atom stereocenters. The second kappa shape index (κ2) is 5.62. The predicted molar refractivity (Wildman–Crippen MR) is 99.4 cm³/mol. The largest absolute Gasteiger partial charge is 0.352 e. The summed E-state index contributed by atoms with van der Waals surface area (Å²) < 4.78 is 2.06. The van der Waals surface area contributed by atoms with Gasteiger partial charge in [0.2, 0.25) is 0 Å². The van der Waals surface area contributed by atoms with E-state index in [1.165, 1.54) is 12.0 Å². The Bertz CT molecular complexity index is 968. The van der Waals surface area contributed by atoms with Gasteiger partial charge in [-0.2, -0.15) is 0 Å². The molecule has 0 aromatic carbocycles. The number of nitrogens with zero attached hydrogens (tertiary/aromatic N) is 8. The lowest BCUT2D eigenvalue weighted by atomic mass is 9.87. The topological polar surface area (TPSA) is 75.9 Å². The summed E-state index contributed by atoms with van der Waals surface area (Å²) in [5.41, 5.74) is 4.05. The molecule has 0 radical (unpaired) electrons. The number of imidazole rings is 1. The zero-order valence-corrected chi connectivity index (χ0v) is 15.3. The minimum absolute atomic E-state index is 0.438. The van der Waals surface area contributed by atoms with E-state index < -0.39 is 0 Å². The number of piperazine rings is 1. The van der Waals surface area contributed by atoms with Gasteiger partial charge in [-0.3, -0.25) is 0 Å². The van der Waals surface area contributed by atoms with Crippen LogP contribution in [0.15, 0.2) is 19.0 Å². The number of fused-ring (bicyclic) bond motifs is 3. The third kappa shape index (κ3) is 2.11. The second-order valence-electron chi connectivity index (χ2n) is 7.16. The van der Waals surface area contributed by atoms with Crippen molar-refractivity contribution >= 4 is 22.8 Å². The quantitative estimate of drug-likeness (QED) is 0.712. The van der Waals surface area contributed by atoms with E-state index in [0.29, 0.717) is 12.1 Å². The van der Waals surface area contributed by atoms with Crippen LogP contribution in [0.2, 0.25) is 0 Å². The Morgan fingerprint density at radius 1 is 0.962 bits per heavy atom. The molecule has 8 nitrogen and oxygen atoms in total. The van der Waals surface area contributed by atoms with Gasteiger partial charge >= 0.3 is 0 Å². The van der Waals surface area contributed by atoms with E-state index in [4.69, 9.17) is 0 Å². The molecule has 8 heteroatoms. The van der Waals surface area contributed by atoms with Gasteiger partial charge in [0.05, 0.1) is 18.4 Å². The average Bonchev–Trinajstić information content (AvgIpc) is 3.08. The Morgan fingerprint density at radius 3 is 2.46 bits per heavy atom. The first-order valence-corrected chi connectivity index (χ1v) is 9.14. The van der Waals surface area contributed by atoms with E-state index >= 15 is 0 Å². The molecule has 3 aromatic heterocycles. The van der Waals surface area contributed by atoms with Crippen molar-refractivity contribution < 1.29 is 0 Å². The molecule has 134 valence electrons. The molecule has 3 fully saturated rings. The highest BCUT2D eigenvalue weighted by molar-refractivity contribution is 5.84. The normalized spacial score (nSPS) is 22.0. The monoisotopic (exact) mass is 350 g/mol. The highest BCUT2D eigenvalue weighted by Gasteiger charge is 2.46. The highest BCUT2D eigenvalue weighted by Crippen LogP contribution is 2.39. The first-order valence-electron chi connectivity index (χ1n) is 9.14. The zero-order valence-electron chi connectivity index (χ0n) is 15.3. The highest BCUT2D eigenvalue weighted by atomic mass is 15.4. The van der Waals surface area contributed by atoms with Crippen molar-refractivity contribution in [3.8, 4) is 0 Å². The van der Waals surface area contributed by atoms with Crippen LogP contribution in [0.25, 0.3) is 11.2 Å². The smallest absolute Gasteiger partial charge is 0.165 e. The van der Waals surface area contributed by atoms with Gasteiger partial charge in [-0.05, 0) is 27.2 Å². The molecule has 0 aliphatic carbocycles. The molecule has 3 aromatic rings. The van der Waals surface area contributed by atoms with Crippen LogP contribution >= 0.6 is 0 Å². The van der Waals surface area contributed by atoms with Crippen molar-refractivity contribution in [2.75, 3.05) is 22.9 Å². The van der Waals surface area contributed by atoms with Crippen molar-refractivity contribution in [1.29, 1.82) is 0 Å². The predicted octanol–water partition coefficient (Wildman–Crippen LogP) is 1.72. The molecule has 2 bridgehead atoms. The van der Waals surface area contributed by atoms with Gasteiger partial charge in [0, 0.05) is 30.9 Å². The van der Waals surface area contributed by atoms with Gasteiger partial charge in [0.15, 0.2) is 17.0 Å². The SMILES string of the molecule is CCn1cnc2c(N3C4CC3CN(c3ncnc(C)c3C)C4)ncnc21. The van der Waals surface area contributed by atoms with E-state index in [9.17, 15) is 0 Å². The molecule has 3 aliphatic rings. The Hall–Kier alpha value is -2.77. The standard InChI is InChI=1S/C18H22N8/c1-4-24-10-23-15-17(24)21-9-22-18(15)26-13-5-14(26)7-25(6-13)16-11(2)12(3)19-8-20-16/h8-10,13-14H,4-7H2,1-3H3. The van der Waals surface area contributed by atoms with Gasteiger partial charge in [-0.25, -0.2) is 24.9 Å². The number of anilines is 2. The summed E-state index contributed by atoms with van der Waals surface area (Å²) >= 11 is 0. The van der Waals surface area contributed by atoms with Crippen LogP contribution < -0.4 is 9.80 Å². The molecule has 0 saturated carbocycles. The fourth-order valence-corrected chi connectivity index (χ4v) is 4.26. The zero-order chi connectivity index (χ0) is 17.8. The van der Waals surface area contributed by atoms with E-state index in [2.05, 4.69) is 53.1 Å². The summed E-state index contributed by atoms with van der Waals surface area (Å²) in [7, 11) is 0. The number of aryl methyl sites for hydroxylation is 2. The van der Waals surface area contributed by atoms with Crippen molar-refractivity contribution in [3.63, 3.8) is 0 Å². The van der Waals surface area contributed by atoms with Gasteiger partial charge < -0.3 is 14.4 Å². The van der Waals surface area contributed by atoms with Crippen LogP contribution in [0, 0.1) is 13.8 Å². The van der Waals surface area contributed by atoms with Crippen LogP contribution in [0.5, 0.6) is 0 Å². The summed E-state index contributed by atoms with van der Waals surface area (Å²) in [4.78, 5) is 27.2. The molecule has 2 atom stereocenters. The maximum absolute atomic E-state index is 4.58. The van der Waals surface area contributed by atoms with Gasteiger partial charge in [-0.15, -0.1) is 0 Å². The van der Waals surface area contributed by atoms with Crippen LogP contribution in [0.4, 0.5) is 11.6 Å². The minimum atomic E-state index is 0.438. The van der Waals surface area contributed by atoms with Crippen LogP contribution in [0.1, 0.15) is 24.6 Å². The molecule has 26 heavy (non-hydrogen) atoms. The van der Waals surface area contributed by atoms with Crippen LogP contribution in [-0.2, 0) is 6.54 Å². The summed E-state index contributed by atoms with van der Waals surface area (Å²) in [5.74, 6) is 2.04. The van der Waals surface area contributed by atoms with Crippen molar-refractivity contribution in [2.24, 2.45) is 0 Å². The Kier molecular flexibility index (Phi) is 3.35. The molecular weight excluding hydrogens is 328 g/mol. The summed E-state index contributed by atoms with van der Waals surface area (Å²) in [6.45, 7) is 9.01. The summed E-state index contributed by atoms with van der Waals surface area (Å²) in [6.07, 6.45) is 6.38. The molecular formula is C18H22N8. The maximum atomic E-state index is 4.58. The van der Waals surface area contributed by atoms with Gasteiger partial charge in [0.1, 0.15) is 18.5 Å². The summed E-state index contributed by atoms with van der Waals surface area (Å²) in [5, 5.41) is 0. The molecule has 3 saturated heterocycles. The van der Waals surface area contributed by atoms with Gasteiger partial charge in [-0.1, -0.05) is 0 Å². The molecule has 0 N–H and O–H groups in total. The average molecular weight is 350 g/mol. The maximum Gasteiger partial charge on any atom is 0.165 e. The number of piperidine rings is 1. The number of hydrogen-bond acceptors (Lipinski definition) is 7. The first-order chi connectivity index (χ1) is 12.7. The fraction of sp³-hybridized carbons (Fsp3) is 0.500. The number of rotatable bonds is 3. The Morgan fingerprint density at radius 2 is 1.69 bits per heavy atom. The fourth-order valence-electron chi connectivity index (χ4n) is 4.26. The van der Waals surface area contributed by atoms with Crippen molar-refractivity contribution in [3.05, 3.63) is 30.2 Å². The van der Waals surface area contributed by atoms with Crippen LogP contribution in [-0.4, -0.2) is 54.7 Å². The van der Waals surface area contributed by atoms with E-state index in [0.717, 1.165) is 48.1 Å². The van der Waals surface area contributed by atoms with Crippen molar-refractivity contribution in [2.45, 2.75) is 45.8 Å². The number of hydrogen-bond donors (Lipinski definition) is 0. The molecule has 6 heterocycles. The lowest BCUT2D eigenvalue weighted by molar-refractivity contribution is 0.288. The lowest BCUT2D eigenvalue weighted by Gasteiger charge is -2.57. The molecule has 6 rings (SSSR count). The van der Waals surface area contributed by atoms with E-state index in [1.807, 2.05) is 13.3 Å². The third-order valence-electron chi connectivity index (χ3n) is 5.77. The Labute approximate surface area is 151 Å². The lowest BCUT2D eigenvalue weighted by Crippen LogP contribution is -2.69. The Balaban J connectivity index is 1.45. The molecule has 0 spiro atoms. The molecule has 3 aliphatic heterocycles. The second-order valence-corrected chi connectivity index (χ2v) is 7.16. The first kappa shape index (κ1) is 15.5. The van der Waals surface area contributed by atoms with Crippen molar-refractivity contribution in [1.82, 2.24) is 29.5 Å². The minimum Gasteiger partial charge on any atom is -0.352 e. The third-order valence-corrected chi connectivity index (χ3v) is 5.77. The van der Waals surface area contributed by atoms with E-state index in [1.54, 1.807) is 12.7 Å². The van der Waals surface area contributed by atoms with E-state index in [-0.39, 0.29) is 0 Å². The number of aromatic nitrogens is 6.